The van der Waals surface area contributed by atoms with Gasteiger partial charge in [0.2, 0.25) is 0 Å². The normalized spacial score (nSPS) is 15.9. The predicted molar refractivity (Wildman–Crippen MR) is 191 cm³/mol. The minimum absolute atomic E-state index is 0.0216. The van der Waals surface area contributed by atoms with Crippen molar-refractivity contribution in [2.45, 2.75) is 112 Å². The van der Waals surface area contributed by atoms with Crippen LogP contribution < -0.4 is 0 Å². The Morgan fingerprint density at radius 1 is 0.706 bits per heavy atom. The van der Waals surface area contributed by atoms with Crippen LogP contribution in [0.4, 0.5) is 0 Å². The van der Waals surface area contributed by atoms with Gasteiger partial charge in [0.15, 0.2) is 0 Å². The molecular weight excluding hydrogens is 664 g/mol. The van der Waals surface area contributed by atoms with Gasteiger partial charge in [0.25, 0.3) is 0 Å². The largest absolute Gasteiger partial charge is 0.481 e. The van der Waals surface area contributed by atoms with Crippen molar-refractivity contribution < 1.29 is 63.4 Å². The van der Waals surface area contributed by atoms with E-state index >= 15 is 0 Å². The van der Waals surface area contributed by atoms with Crippen molar-refractivity contribution in [1.82, 2.24) is 0 Å². The number of aliphatic carboxylic acids is 2. The lowest BCUT2D eigenvalue weighted by Crippen LogP contribution is -2.23. The van der Waals surface area contributed by atoms with Crippen molar-refractivity contribution in [3.8, 4) is 0 Å². The molecule has 1 heterocycles. The van der Waals surface area contributed by atoms with Gasteiger partial charge in [-0.05, 0) is 38.5 Å². The summed E-state index contributed by atoms with van der Waals surface area (Å²) >= 11 is 0. The van der Waals surface area contributed by atoms with Crippen LogP contribution in [0, 0.1) is 29.6 Å². The Balaban J connectivity index is 0. The standard InChI is InChI=1S/C24H38O8.C10H14O3.C4H10O2/c1-4-6-8-10-12-19(23(27)28)14-21(25)31-16-18(3)17-32-22(26)15-20(24(29)30)13-11-9-7-5-2;1-2-3-4-5-6-8-7-9(11)13-10(8)12;1-4(2-5)3-6/h8-11,18-20H,4-7,12-17H2,1-3H3,(H,27,28)(H,29,30);4-5,8H,2-3,6-7H2,1H3;4-6H,2-3H2,1H3/b10-8+,11-9+;5-4+;. The smallest absolute Gasteiger partial charge is 0.317 e. The van der Waals surface area contributed by atoms with Gasteiger partial charge < -0.3 is 34.6 Å². The maximum Gasteiger partial charge on any atom is 0.317 e. The van der Waals surface area contributed by atoms with Crippen LogP contribution in [0.2, 0.25) is 0 Å². The number of ether oxygens (including phenoxy) is 3. The first kappa shape index (κ1) is 49.3. The minimum atomic E-state index is -1.05. The molecule has 13 nitrogen and oxygen atoms in total. The van der Waals surface area contributed by atoms with Crippen molar-refractivity contribution in [2.24, 2.45) is 29.6 Å². The number of carboxylic acid groups (broad SMARTS) is 2. The number of unbranched alkanes of at least 4 members (excludes halogenated alkanes) is 3. The summed E-state index contributed by atoms with van der Waals surface area (Å²) in [6, 6.07) is 0. The van der Waals surface area contributed by atoms with E-state index < -0.39 is 35.7 Å². The van der Waals surface area contributed by atoms with Gasteiger partial charge in [-0.15, -0.1) is 0 Å². The molecule has 0 aromatic heterocycles. The van der Waals surface area contributed by atoms with Crippen LogP contribution in [0.15, 0.2) is 36.5 Å². The first-order valence-electron chi connectivity index (χ1n) is 17.9. The molecule has 0 saturated carbocycles. The second-order valence-electron chi connectivity index (χ2n) is 12.6. The second-order valence-corrected chi connectivity index (χ2v) is 12.6. The van der Waals surface area contributed by atoms with E-state index in [4.69, 9.17) is 19.7 Å². The molecule has 292 valence electrons. The van der Waals surface area contributed by atoms with E-state index in [9.17, 15) is 39.0 Å². The molecule has 1 rings (SSSR count). The third kappa shape index (κ3) is 28.5. The maximum absolute atomic E-state index is 12.0. The van der Waals surface area contributed by atoms with Crippen molar-refractivity contribution in [2.75, 3.05) is 26.4 Å². The number of carboxylic acids is 2. The summed E-state index contributed by atoms with van der Waals surface area (Å²) in [5.74, 6) is -6.29. The third-order valence-electron chi connectivity index (χ3n) is 7.29. The van der Waals surface area contributed by atoms with Crippen LogP contribution in [0.1, 0.15) is 112 Å². The minimum Gasteiger partial charge on any atom is -0.481 e. The van der Waals surface area contributed by atoms with Gasteiger partial charge in [-0.1, -0.05) is 90.3 Å². The molecule has 1 aliphatic heterocycles. The van der Waals surface area contributed by atoms with Crippen molar-refractivity contribution >= 4 is 35.8 Å². The van der Waals surface area contributed by atoms with Gasteiger partial charge in [-0.2, -0.15) is 0 Å². The highest BCUT2D eigenvalue weighted by Crippen LogP contribution is 2.20. The Morgan fingerprint density at radius 2 is 1.12 bits per heavy atom. The Morgan fingerprint density at radius 3 is 1.43 bits per heavy atom. The number of rotatable bonds is 24. The SMILES string of the molecule is CC(CO)CO.CCC/C=C/CC(CC(=O)OCC(C)COC(=O)CC(C/C=C/CCC)C(=O)O)C(=O)O.CCC/C=C/CC1CC(=O)OC1=O. The summed E-state index contributed by atoms with van der Waals surface area (Å²) in [6.45, 7) is 9.74. The third-order valence-corrected chi connectivity index (χ3v) is 7.29. The van der Waals surface area contributed by atoms with Crippen LogP contribution in [0.25, 0.3) is 0 Å². The zero-order valence-electron chi connectivity index (χ0n) is 31.1. The number of allylic oxidation sites excluding steroid dienone is 6. The molecular formula is C38H62O13. The quantitative estimate of drug-likeness (QED) is 0.0401. The molecule has 1 saturated heterocycles. The van der Waals surface area contributed by atoms with Gasteiger partial charge in [-0.25, -0.2) is 0 Å². The lowest BCUT2D eigenvalue weighted by molar-refractivity contribution is -0.155. The Kier molecular flexibility index (Phi) is 31.0. The summed E-state index contributed by atoms with van der Waals surface area (Å²) in [4.78, 5) is 68.2. The van der Waals surface area contributed by atoms with E-state index in [1.807, 2.05) is 38.2 Å². The molecule has 1 fully saturated rings. The van der Waals surface area contributed by atoms with Gasteiger partial charge in [-0.3, -0.25) is 28.8 Å². The van der Waals surface area contributed by atoms with Crippen LogP contribution in [-0.4, -0.2) is 82.7 Å². The van der Waals surface area contributed by atoms with Crippen molar-refractivity contribution in [3.63, 3.8) is 0 Å². The monoisotopic (exact) mass is 726 g/mol. The summed E-state index contributed by atoms with van der Waals surface area (Å²) < 4.78 is 14.7. The zero-order chi connectivity index (χ0) is 39.0. The molecule has 3 atom stereocenters. The van der Waals surface area contributed by atoms with Gasteiger partial charge in [0, 0.05) is 25.0 Å². The molecule has 3 unspecified atom stereocenters. The fourth-order valence-corrected chi connectivity index (χ4v) is 3.98. The average Bonchev–Trinajstić information content (AvgIpc) is 3.43. The summed E-state index contributed by atoms with van der Waals surface area (Å²) in [6.07, 6.45) is 18.0. The first-order chi connectivity index (χ1) is 24.2. The molecule has 0 spiro atoms. The molecule has 13 heteroatoms. The number of hydrogen-bond acceptors (Lipinski definition) is 11. The van der Waals surface area contributed by atoms with E-state index in [2.05, 4.69) is 11.7 Å². The van der Waals surface area contributed by atoms with Gasteiger partial charge in [0.1, 0.15) is 0 Å². The molecule has 0 bridgehead atoms. The molecule has 0 radical (unpaired) electrons. The van der Waals surface area contributed by atoms with E-state index in [0.29, 0.717) is 6.42 Å². The predicted octanol–water partition coefficient (Wildman–Crippen LogP) is 5.81. The van der Waals surface area contributed by atoms with Gasteiger partial charge in [0.05, 0.1) is 50.2 Å². The number of cyclic esters (lactones) is 2. The summed E-state index contributed by atoms with van der Waals surface area (Å²) in [7, 11) is 0. The van der Waals surface area contributed by atoms with E-state index in [1.165, 1.54) is 0 Å². The number of aliphatic hydroxyl groups is 2. The van der Waals surface area contributed by atoms with Crippen LogP contribution in [-0.2, 0) is 43.0 Å². The Hall–Kier alpha value is -3.84. The number of carbonyl (C=O) groups is 6. The van der Waals surface area contributed by atoms with E-state index in [1.54, 1.807) is 26.0 Å². The van der Waals surface area contributed by atoms with Crippen molar-refractivity contribution in [1.29, 1.82) is 0 Å². The van der Waals surface area contributed by atoms with Crippen molar-refractivity contribution in [3.05, 3.63) is 36.5 Å². The number of aliphatic hydroxyl groups excluding tert-OH is 2. The van der Waals surface area contributed by atoms with E-state index in [-0.39, 0.29) is 88.2 Å². The lowest BCUT2D eigenvalue weighted by atomic mass is 10.0. The maximum atomic E-state index is 12.0. The lowest BCUT2D eigenvalue weighted by Gasteiger charge is -2.15. The molecule has 1 aliphatic rings. The number of hydrogen-bond donors (Lipinski definition) is 4. The number of esters is 4. The van der Waals surface area contributed by atoms with Crippen LogP contribution in [0.3, 0.4) is 0 Å². The summed E-state index contributed by atoms with van der Waals surface area (Å²) in [5, 5.41) is 34.8. The molecule has 51 heavy (non-hydrogen) atoms. The van der Waals surface area contributed by atoms with Crippen LogP contribution in [0.5, 0.6) is 0 Å². The molecule has 4 N–H and O–H groups in total. The first-order valence-corrected chi connectivity index (χ1v) is 17.9. The highest BCUT2D eigenvalue weighted by Gasteiger charge is 2.32. The Bertz CT molecular complexity index is 1040. The summed E-state index contributed by atoms with van der Waals surface area (Å²) in [5.41, 5.74) is 0. The highest BCUT2D eigenvalue weighted by atomic mass is 16.6. The fourth-order valence-electron chi connectivity index (χ4n) is 3.98. The van der Waals surface area contributed by atoms with Gasteiger partial charge >= 0.3 is 35.8 Å². The average molecular weight is 727 g/mol. The second kappa shape index (κ2) is 32.1. The van der Waals surface area contributed by atoms with Crippen LogP contribution >= 0.6 is 0 Å². The highest BCUT2D eigenvalue weighted by molar-refractivity contribution is 5.94. The fraction of sp³-hybridized carbons (Fsp3) is 0.684. The molecule has 0 aliphatic carbocycles. The molecule has 0 aromatic rings. The van der Waals surface area contributed by atoms with E-state index in [0.717, 1.165) is 38.5 Å². The molecule has 0 aromatic carbocycles. The zero-order valence-corrected chi connectivity index (χ0v) is 31.1. The Labute approximate surface area is 303 Å². The number of carbonyl (C=O) groups excluding carboxylic acids is 4. The topological polar surface area (TPSA) is 211 Å². The molecule has 0 amide bonds.